The number of alkyl carbamates (subject to hydrolysis) is 1. The molecule has 2 aromatic carbocycles. The van der Waals surface area contributed by atoms with Gasteiger partial charge in [0.05, 0.1) is 6.42 Å². The molecule has 0 bridgehead atoms. The molecule has 9 nitrogen and oxygen atoms in total. The summed E-state index contributed by atoms with van der Waals surface area (Å²) in [4.78, 5) is 52.3. The van der Waals surface area contributed by atoms with Gasteiger partial charge in [0.15, 0.2) is 0 Å². The van der Waals surface area contributed by atoms with Gasteiger partial charge in [0.25, 0.3) is 0 Å². The fourth-order valence-electron chi connectivity index (χ4n) is 3.76. The Bertz CT molecular complexity index is 1100. The number of nitrogens with one attached hydrogen (secondary N) is 2. The first kappa shape index (κ1) is 28.4. The van der Waals surface area contributed by atoms with Crippen LogP contribution in [0.25, 0.3) is 0 Å². The third-order valence-corrected chi connectivity index (χ3v) is 5.41. The van der Waals surface area contributed by atoms with Crippen molar-refractivity contribution in [1.29, 1.82) is 0 Å². The maximum absolute atomic E-state index is 13.5. The summed E-state index contributed by atoms with van der Waals surface area (Å²) in [5.74, 6) is -1.84. The number of nitrogens with two attached hydrogens (primary N) is 1. The van der Waals surface area contributed by atoms with Crippen LogP contribution in [0.5, 0.6) is 0 Å². The van der Waals surface area contributed by atoms with Crippen molar-refractivity contribution in [2.24, 2.45) is 5.73 Å². The highest BCUT2D eigenvalue weighted by Gasteiger charge is 2.35. The molecule has 2 atom stereocenters. The highest BCUT2D eigenvalue weighted by atomic mass is 16.6. The third-order valence-electron chi connectivity index (χ3n) is 5.41. The molecule has 0 aliphatic carbocycles. The van der Waals surface area contributed by atoms with Crippen LogP contribution in [-0.4, -0.2) is 47.4 Å². The van der Waals surface area contributed by atoms with E-state index < -0.39 is 47.9 Å². The number of hydrogen-bond donors (Lipinski definition) is 3. The molecule has 4 amide bonds. The van der Waals surface area contributed by atoms with Crippen LogP contribution in [0, 0.1) is 13.8 Å². The van der Waals surface area contributed by atoms with Crippen molar-refractivity contribution < 1.29 is 23.9 Å². The molecule has 2 rings (SSSR count). The molecule has 0 radical (unpaired) electrons. The van der Waals surface area contributed by atoms with Crippen molar-refractivity contribution in [3.63, 3.8) is 0 Å². The van der Waals surface area contributed by atoms with Crippen molar-refractivity contribution in [3.05, 3.63) is 70.8 Å². The molecule has 2 aromatic rings. The predicted octanol–water partition coefficient (Wildman–Crippen LogP) is 2.89. The summed E-state index contributed by atoms with van der Waals surface area (Å²) in [6.07, 6.45) is -1.32. The van der Waals surface area contributed by atoms with Gasteiger partial charge >= 0.3 is 6.09 Å². The SMILES string of the molecule is Cc1ccc(C(C(=O)NCc2ccccc2)N(C)C(=O)C(CC(N)=O)NC(=O)OC(C)(C)C)c(C)c1. The molecule has 0 saturated carbocycles. The van der Waals surface area contributed by atoms with Gasteiger partial charge in [-0.05, 0) is 51.3 Å². The van der Waals surface area contributed by atoms with Gasteiger partial charge in [0, 0.05) is 13.6 Å². The first-order valence-electron chi connectivity index (χ1n) is 11.7. The zero-order valence-electron chi connectivity index (χ0n) is 21.8. The van der Waals surface area contributed by atoms with Crippen molar-refractivity contribution in [2.45, 2.75) is 65.3 Å². The Morgan fingerprint density at radius 1 is 1.03 bits per heavy atom. The molecule has 0 aromatic heterocycles. The number of likely N-dealkylation sites (N-methyl/N-ethyl adjacent to an activating group) is 1. The lowest BCUT2D eigenvalue weighted by molar-refractivity contribution is -0.141. The molecule has 0 spiro atoms. The minimum Gasteiger partial charge on any atom is -0.444 e. The lowest BCUT2D eigenvalue weighted by Crippen LogP contribution is -2.52. The van der Waals surface area contributed by atoms with Crippen molar-refractivity contribution in [3.8, 4) is 0 Å². The Hall–Kier alpha value is -3.88. The van der Waals surface area contributed by atoms with Gasteiger partial charge in [-0.1, -0.05) is 54.1 Å². The van der Waals surface area contributed by atoms with Crippen LogP contribution in [0.3, 0.4) is 0 Å². The summed E-state index contributed by atoms with van der Waals surface area (Å²) in [6, 6.07) is 12.6. The average Bonchev–Trinajstić information content (AvgIpc) is 2.77. The van der Waals surface area contributed by atoms with E-state index >= 15 is 0 Å². The maximum Gasteiger partial charge on any atom is 0.408 e. The van der Waals surface area contributed by atoms with Gasteiger partial charge in [-0.3, -0.25) is 14.4 Å². The third kappa shape index (κ3) is 8.41. The number of nitrogens with zero attached hydrogens (tertiary/aromatic N) is 1. The minimum atomic E-state index is -1.31. The van der Waals surface area contributed by atoms with Crippen molar-refractivity contribution in [1.82, 2.24) is 15.5 Å². The van der Waals surface area contributed by atoms with E-state index in [0.29, 0.717) is 5.56 Å². The van der Waals surface area contributed by atoms with Gasteiger partial charge in [-0.2, -0.15) is 0 Å². The Balaban J connectivity index is 2.36. The standard InChI is InChI=1S/C27H36N4O5/c1-17-12-13-20(18(2)14-17)23(24(33)29-16-19-10-8-7-9-11-19)31(6)25(34)21(15-22(28)32)30-26(35)36-27(3,4)5/h7-14,21,23H,15-16H2,1-6H3,(H2,28,32)(H,29,33)(H,30,35). The molecule has 0 fully saturated rings. The number of aryl methyl sites for hydroxylation is 2. The molecule has 0 saturated heterocycles. The summed E-state index contributed by atoms with van der Waals surface area (Å²) in [6.45, 7) is 9.09. The van der Waals surface area contributed by atoms with E-state index in [1.165, 1.54) is 11.9 Å². The zero-order valence-corrected chi connectivity index (χ0v) is 21.8. The number of primary amides is 1. The highest BCUT2D eigenvalue weighted by Crippen LogP contribution is 2.25. The largest absolute Gasteiger partial charge is 0.444 e. The Kier molecular flexibility index (Phi) is 9.60. The van der Waals surface area contributed by atoms with Gasteiger partial charge < -0.3 is 26.0 Å². The first-order valence-corrected chi connectivity index (χ1v) is 11.7. The molecule has 4 N–H and O–H groups in total. The molecule has 0 aliphatic rings. The van der Waals surface area contributed by atoms with Gasteiger partial charge in [0.2, 0.25) is 17.7 Å². The lowest BCUT2D eigenvalue weighted by Gasteiger charge is -2.32. The second-order valence-electron chi connectivity index (χ2n) is 9.78. The van der Waals surface area contributed by atoms with Crippen LogP contribution in [-0.2, 0) is 25.7 Å². The zero-order chi connectivity index (χ0) is 27.0. The van der Waals surface area contributed by atoms with Crippen LogP contribution >= 0.6 is 0 Å². The van der Waals surface area contributed by atoms with Crippen LogP contribution < -0.4 is 16.4 Å². The topological polar surface area (TPSA) is 131 Å². The molecule has 9 heteroatoms. The summed E-state index contributed by atoms with van der Waals surface area (Å²) < 4.78 is 5.24. The molecule has 0 aliphatic heterocycles. The van der Waals surface area contributed by atoms with E-state index in [0.717, 1.165) is 16.7 Å². The van der Waals surface area contributed by atoms with Gasteiger partial charge in [-0.15, -0.1) is 0 Å². The molecule has 36 heavy (non-hydrogen) atoms. The molecule has 0 heterocycles. The van der Waals surface area contributed by atoms with Crippen molar-refractivity contribution in [2.75, 3.05) is 7.05 Å². The maximum atomic E-state index is 13.5. The summed E-state index contributed by atoms with van der Waals surface area (Å²) in [7, 11) is 1.46. The minimum absolute atomic E-state index is 0.268. The Morgan fingerprint density at radius 2 is 1.67 bits per heavy atom. The summed E-state index contributed by atoms with van der Waals surface area (Å²) in [5.41, 5.74) is 7.89. The van der Waals surface area contributed by atoms with Gasteiger partial charge in [-0.25, -0.2) is 4.79 Å². The average molecular weight is 497 g/mol. The Labute approximate surface area is 212 Å². The highest BCUT2D eigenvalue weighted by molar-refractivity contribution is 5.94. The Morgan fingerprint density at radius 3 is 2.22 bits per heavy atom. The van der Waals surface area contributed by atoms with Crippen LogP contribution in [0.1, 0.15) is 55.5 Å². The van der Waals surface area contributed by atoms with E-state index in [1.807, 2.05) is 56.3 Å². The molecular weight excluding hydrogens is 460 g/mol. The number of rotatable bonds is 9. The van der Waals surface area contributed by atoms with Crippen molar-refractivity contribution >= 4 is 23.8 Å². The number of carbonyl (C=O) groups excluding carboxylic acids is 4. The molecule has 2 unspecified atom stereocenters. The number of ether oxygens (including phenoxy) is 1. The summed E-state index contributed by atoms with van der Waals surface area (Å²) >= 11 is 0. The first-order chi connectivity index (χ1) is 16.8. The van der Waals surface area contributed by atoms with E-state index in [1.54, 1.807) is 26.8 Å². The smallest absolute Gasteiger partial charge is 0.408 e. The van der Waals surface area contributed by atoms with E-state index in [9.17, 15) is 19.2 Å². The fraction of sp³-hybridized carbons (Fsp3) is 0.407. The quantitative estimate of drug-likeness (QED) is 0.491. The number of benzene rings is 2. The predicted molar refractivity (Wildman–Crippen MR) is 137 cm³/mol. The normalized spacial score (nSPS) is 12.7. The molecular formula is C27H36N4O5. The number of amides is 4. The van der Waals surface area contributed by atoms with E-state index in [-0.39, 0.29) is 6.54 Å². The van der Waals surface area contributed by atoms with Crippen LogP contribution in [0.2, 0.25) is 0 Å². The lowest BCUT2D eigenvalue weighted by atomic mass is 9.96. The van der Waals surface area contributed by atoms with E-state index in [4.69, 9.17) is 10.5 Å². The monoisotopic (exact) mass is 496 g/mol. The summed E-state index contributed by atoms with van der Waals surface area (Å²) in [5, 5.41) is 5.32. The second kappa shape index (κ2) is 12.2. The molecule has 194 valence electrons. The van der Waals surface area contributed by atoms with Crippen LogP contribution in [0.4, 0.5) is 4.79 Å². The van der Waals surface area contributed by atoms with Crippen LogP contribution in [0.15, 0.2) is 48.5 Å². The van der Waals surface area contributed by atoms with E-state index in [2.05, 4.69) is 10.6 Å². The van der Waals surface area contributed by atoms with Gasteiger partial charge in [0.1, 0.15) is 17.7 Å². The second-order valence-corrected chi connectivity index (χ2v) is 9.78. The number of hydrogen-bond acceptors (Lipinski definition) is 5. The number of carbonyl (C=O) groups is 4. The fourth-order valence-corrected chi connectivity index (χ4v) is 3.76.